The van der Waals surface area contributed by atoms with Gasteiger partial charge in [-0.25, -0.2) is 19.2 Å². The summed E-state index contributed by atoms with van der Waals surface area (Å²) in [4.78, 5) is 45.6. The van der Waals surface area contributed by atoms with Crippen LogP contribution < -0.4 is 15.8 Å². The van der Waals surface area contributed by atoms with E-state index < -0.39 is 24.2 Å². The van der Waals surface area contributed by atoms with Crippen molar-refractivity contribution in [3.8, 4) is 39.5 Å². The maximum atomic E-state index is 16.6. The predicted molar refractivity (Wildman–Crippen MR) is 210 cm³/mol. The number of aryl methyl sites for hydroxylation is 1. The number of fused-ring (bicyclic) bond motifs is 5. The molecule has 1 saturated heterocycles. The predicted octanol–water partition coefficient (Wildman–Crippen LogP) is 8.24. The highest BCUT2D eigenvalue weighted by molar-refractivity contribution is 7.12. The SMILES string of the molecule is CCCc1ccc(C2Oc3cc(-c4cnc(C5CCCN5C(=O)[C@@H](NC(=O)OC)C(C)C)[nH]4)cc(F)c3-c3cc4cc(-c5cnc(C(C)N)[nH]5)ccc4n32)s1. The lowest BCUT2D eigenvalue weighted by molar-refractivity contribution is -0.135. The van der Waals surface area contributed by atoms with Crippen molar-refractivity contribution in [2.75, 3.05) is 13.7 Å². The first-order valence-electron chi connectivity index (χ1n) is 18.8. The number of nitrogens with one attached hydrogen (secondary N) is 3. The number of ether oxygens (including phenoxy) is 2. The van der Waals surface area contributed by atoms with Gasteiger partial charge in [0.25, 0.3) is 0 Å². The van der Waals surface area contributed by atoms with E-state index in [0.717, 1.165) is 52.0 Å². The molecule has 286 valence electrons. The van der Waals surface area contributed by atoms with Gasteiger partial charge in [-0.2, -0.15) is 0 Å². The molecule has 0 spiro atoms. The summed E-state index contributed by atoms with van der Waals surface area (Å²) in [5.74, 6) is 0.960. The van der Waals surface area contributed by atoms with E-state index >= 15 is 4.39 Å². The third-order valence-corrected chi connectivity index (χ3v) is 11.7. The van der Waals surface area contributed by atoms with Gasteiger partial charge in [0.05, 0.1) is 64.6 Å². The lowest BCUT2D eigenvalue weighted by Crippen LogP contribution is -2.51. The first-order valence-corrected chi connectivity index (χ1v) is 19.6. The number of aromatic amines is 2. The van der Waals surface area contributed by atoms with Gasteiger partial charge >= 0.3 is 6.09 Å². The zero-order valence-corrected chi connectivity index (χ0v) is 32.3. The second-order valence-electron chi connectivity index (χ2n) is 14.7. The zero-order valence-electron chi connectivity index (χ0n) is 31.5. The lowest BCUT2D eigenvalue weighted by Gasteiger charge is -2.30. The molecule has 0 bridgehead atoms. The van der Waals surface area contributed by atoms with Crippen LogP contribution in [0.5, 0.6) is 5.75 Å². The van der Waals surface area contributed by atoms with Gasteiger partial charge in [0, 0.05) is 27.9 Å². The van der Waals surface area contributed by atoms with Crippen LogP contribution in [0.4, 0.5) is 9.18 Å². The Morgan fingerprint density at radius 3 is 2.62 bits per heavy atom. The standard InChI is InChI=1S/C41H45FN8O4S/c1-6-8-26-11-13-34(55-26)40-50-30-12-10-23(28-19-44-37(46-28)22(4)43)15-25(30)17-32(50)35-27(42)16-24(18-33(35)54-40)29-20-45-38(47-29)31-9-7-14-49(31)39(51)36(21(2)3)48-41(52)53-5/h10-13,15-22,31,36,40H,6-9,14,43H2,1-5H3,(H,44,46)(H,45,47)(H,48,52)/t22?,31?,36-,40?/m0/s1. The number of imidazole rings is 2. The number of hydrogen-bond donors (Lipinski definition) is 4. The second-order valence-corrected chi connectivity index (χ2v) is 15.9. The largest absolute Gasteiger partial charge is 0.464 e. The molecule has 4 atom stereocenters. The van der Waals surface area contributed by atoms with Crippen molar-refractivity contribution < 1.29 is 23.5 Å². The Morgan fingerprint density at radius 2 is 1.87 bits per heavy atom. The number of hydrogen-bond acceptors (Lipinski definition) is 8. The average Bonchev–Trinajstić information content (AvgIpc) is 4.01. The van der Waals surface area contributed by atoms with Crippen molar-refractivity contribution in [1.82, 2.24) is 34.7 Å². The van der Waals surface area contributed by atoms with E-state index in [1.807, 2.05) is 45.0 Å². The van der Waals surface area contributed by atoms with E-state index in [0.29, 0.717) is 47.2 Å². The van der Waals surface area contributed by atoms with Crippen LogP contribution in [-0.2, 0) is 16.0 Å². The van der Waals surface area contributed by atoms with Crippen molar-refractivity contribution in [2.24, 2.45) is 11.7 Å². The van der Waals surface area contributed by atoms with E-state index in [9.17, 15) is 9.59 Å². The van der Waals surface area contributed by atoms with Crippen LogP contribution in [0.3, 0.4) is 0 Å². The Labute approximate surface area is 322 Å². The highest BCUT2D eigenvalue weighted by Crippen LogP contribution is 2.48. The second kappa shape index (κ2) is 14.6. The van der Waals surface area contributed by atoms with Gasteiger partial charge in [0.1, 0.15) is 29.3 Å². The summed E-state index contributed by atoms with van der Waals surface area (Å²) in [6.07, 6.45) is 5.77. The molecular weight excluding hydrogens is 720 g/mol. The highest BCUT2D eigenvalue weighted by Gasteiger charge is 2.38. The molecule has 55 heavy (non-hydrogen) atoms. The van der Waals surface area contributed by atoms with Gasteiger partial charge in [0.15, 0.2) is 0 Å². The van der Waals surface area contributed by atoms with Crippen LogP contribution in [0.15, 0.2) is 60.9 Å². The summed E-state index contributed by atoms with van der Waals surface area (Å²) in [5, 5.41) is 3.63. The van der Waals surface area contributed by atoms with Crippen LogP contribution in [0.25, 0.3) is 44.7 Å². The molecule has 2 amide bonds. The Hall–Kier alpha value is -5.47. The van der Waals surface area contributed by atoms with Gasteiger partial charge in [0.2, 0.25) is 12.1 Å². The zero-order chi connectivity index (χ0) is 38.5. The quantitative estimate of drug-likeness (QED) is 0.109. The molecule has 4 aromatic heterocycles. The summed E-state index contributed by atoms with van der Waals surface area (Å²) in [5.41, 5.74) is 11.1. The molecule has 14 heteroatoms. The molecule has 3 unspecified atom stereocenters. The van der Waals surface area contributed by atoms with Crippen molar-refractivity contribution in [3.63, 3.8) is 0 Å². The molecule has 8 rings (SSSR count). The maximum Gasteiger partial charge on any atom is 0.407 e. The number of methoxy groups -OCH3 is 1. The van der Waals surface area contributed by atoms with E-state index in [1.165, 1.54) is 18.1 Å². The number of carbonyl (C=O) groups is 2. The molecule has 5 N–H and O–H groups in total. The number of benzene rings is 2. The number of nitrogens with zero attached hydrogens (tertiary/aromatic N) is 4. The average molecular weight is 765 g/mol. The number of thiophene rings is 1. The van der Waals surface area contributed by atoms with Gasteiger partial charge < -0.3 is 35.4 Å². The molecule has 2 aromatic carbocycles. The number of nitrogens with two attached hydrogens (primary N) is 1. The number of carbonyl (C=O) groups excluding carboxylic acids is 2. The lowest BCUT2D eigenvalue weighted by atomic mass is 10.0. The third-order valence-electron chi connectivity index (χ3n) is 10.5. The molecular formula is C41H45FN8O4S. The fraction of sp³-hybridized carbons (Fsp3) is 0.366. The molecule has 0 aliphatic carbocycles. The first-order chi connectivity index (χ1) is 26.5. The Bertz CT molecular complexity index is 2390. The van der Waals surface area contributed by atoms with Crippen molar-refractivity contribution in [2.45, 2.75) is 77.7 Å². The van der Waals surface area contributed by atoms with Crippen molar-refractivity contribution >= 4 is 34.2 Å². The molecule has 12 nitrogen and oxygen atoms in total. The first kappa shape index (κ1) is 36.5. The number of aromatic nitrogens is 5. The van der Waals surface area contributed by atoms with Gasteiger partial charge in [-0.3, -0.25) is 9.36 Å². The van der Waals surface area contributed by atoms with Crippen LogP contribution >= 0.6 is 11.3 Å². The number of halogens is 1. The number of likely N-dealkylation sites (tertiary alicyclic amines) is 1. The van der Waals surface area contributed by atoms with E-state index in [4.69, 9.17) is 15.2 Å². The van der Waals surface area contributed by atoms with Crippen LogP contribution in [-0.4, -0.2) is 61.1 Å². The fourth-order valence-electron chi connectivity index (χ4n) is 7.75. The minimum atomic E-state index is -0.746. The van der Waals surface area contributed by atoms with E-state index in [1.54, 1.807) is 28.6 Å². The minimum absolute atomic E-state index is 0.153. The van der Waals surface area contributed by atoms with Crippen molar-refractivity contribution in [1.29, 1.82) is 0 Å². The smallest absolute Gasteiger partial charge is 0.407 e. The van der Waals surface area contributed by atoms with Gasteiger partial charge in [-0.05, 0) is 74.6 Å². The molecule has 0 radical (unpaired) electrons. The molecule has 1 fully saturated rings. The topological polar surface area (TPSA) is 156 Å². The van der Waals surface area contributed by atoms with Crippen molar-refractivity contribution in [3.05, 3.63) is 88.1 Å². The minimum Gasteiger partial charge on any atom is -0.464 e. The molecule has 0 saturated carbocycles. The number of rotatable bonds is 10. The number of amides is 2. The number of H-pyrrole nitrogens is 2. The van der Waals surface area contributed by atoms with Crippen LogP contribution in [0, 0.1) is 11.7 Å². The van der Waals surface area contributed by atoms with E-state index in [-0.39, 0.29) is 23.9 Å². The molecule has 6 heterocycles. The molecule has 6 aromatic rings. The Morgan fingerprint density at radius 1 is 1.07 bits per heavy atom. The van der Waals surface area contributed by atoms with Gasteiger partial charge in [-0.1, -0.05) is 33.3 Å². The van der Waals surface area contributed by atoms with E-state index in [2.05, 4.69) is 54.9 Å². The van der Waals surface area contributed by atoms with Crippen LogP contribution in [0.2, 0.25) is 0 Å². The Balaban J connectivity index is 1.16. The summed E-state index contributed by atoms with van der Waals surface area (Å²) in [6, 6.07) is 14.5. The summed E-state index contributed by atoms with van der Waals surface area (Å²) < 4.78 is 30.3. The molecule has 2 aliphatic rings. The highest BCUT2D eigenvalue weighted by atomic mass is 32.1. The Kier molecular flexibility index (Phi) is 9.72. The number of alkyl carbamates (subject to hydrolysis) is 1. The summed E-state index contributed by atoms with van der Waals surface area (Å²) in [6.45, 7) is 8.34. The van der Waals surface area contributed by atoms with Gasteiger partial charge in [-0.15, -0.1) is 11.3 Å². The monoisotopic (exact) mass is 764 g/mol. The fourth-order valence-corrected chi connectivity index (χ4v) is 8.89. The maximum absolute atomic E-state index is 16.6. The summed E-state index contributed by atoms with van der Waals surface area (Å²) >= 11 is 1.71. The third kappa shape index (κ3) is 6.67. The summed E-state index contributed by atoms with van der Waals surface area (Å²) in [7, 11) is 1.28. The molecule has 2 aliphatic heterocycles. The normalized spacial score (nSPS) is 17.6. The van der Waals surface area contributed by atoms with Crippen LogP contribution in [0.1, 0.15) is 86.7 Å².